The van der Waals surface area contributed by atoms with Crippen molar-refractivity contribution in [1.29, 1.82) is 0 Å². The van der Waals surface area contributed by atoms with Crippen LogP contribution in [0.3, 0.4) is 0 Å². The molecule has 1 atom stereocenters. The van der Waals surface area contributed by atoms with Crippen LogP contribution in [0.1, 0.15) is 31.2 Å². The predicted molar refractivity (Wildman–Crippen MR) is 81.0 cm³/mol. The number of aliphatic hydroxyl groups is 1. The largest absolute Gasteiger partial charge is 0.495 e. The van der Waals surface area contributed by atoms with Crippen LogP contribution in [-0.2, 0) is 10.0 Å². The van der Waals surface area contributed by atoms with Crippen molar-refractivity contribution in [3.05, 3.63) is 23.8 Å². The van der Waals surface area contributed by atoms with Crippen molar-refractivity contribution >= 4 is 10.0 Å². The fourth-order valence-electron chi connectivity index (χ4n) is 2.76. The summed E-state index contributed by atoms with van der Waals surface area (Å²) in [5, 5.41) is 9.54. The number of ether oxygens (including phenoxy) is 1. The Kier molecular flexibility index (Phi) is 5.24. The molecule has 2 rings (SSSR count). The first-order valence-corrected chi connectivity index (χ1v) is 8.72. The molecule has 0 aromatic heterocycles. The van der Waals surface area contributed by atoms with E-state index < -0.39 is 10.0 Å². The van der Waals surface area contributed by atoms with Crippen molar-refractivity contribution in [3.8, 4) is 5.75 Å². The van der Waals surface area contributed by atoms with Gasteiger partial charge in [-0.1, -0.05) is 18.9 Å². The highest BCUT2D eigenvalue weighted by molar-refractivity contribution is 7.89. The summed E-state index contributed by atoms with van der Waals surface area (Å²) in [7, 11) is -2.20. The third kappa shape index (κ3) is 3.39. The smallest absolute Gasteiger partial charge is 0.247 e. The van der Waals surface area contributed by atoms with E-state index in [0.717, 1.165) is 24.8 Å². The van der Waals surface area contributed by atoms with Gasteiger partial charge in [-0.25, -0.2) is 8.42 Å². The summed E-state index contributed by atoms with van der Waals surface area (Å²) in [6.45, 7) is 2.16. The van der Waals surface area contributed by atoms with E-state index >= 15 is 0 Å². The summed E-state index contributed by atoms with van der Waals surface area (Å²) < 4.78 is 32.6. The van der Waals surface area contributed by atoms with Gasteiger partial charge in [0.15, 0.2) is 0 Å². The van der Waals surface area contributed by atoms with Gasteiger partial charge in [0, 0.05) is 12.6 Å². The number of hydrogen-bond donors (Lipinski definition) is 1. The zero-order valence-corrected chi connectivity index (χ0v) is 13.4. The molecule has 0 spiro atoms. The standard InChI is InChI=1S/C15H23NO4S/c1-12-7-8-14(20-2)15(10-12)21(18,19)16-9-5-3-4-6-13(16)11-17/h7-8,10,13,17H,3-6,9,11H2,1-2H3. The Hall–Kier alpha value is -1.11. The van der Waals surface area contributed by atoms with E-state index in [2.05, 4.69) is 0 Å². The van der Waals surface area contributed by atoms with Crippen molar-refractivity contribution in [2.24, 2.45) is 0 Å². The van der Waals surface area contributed by atoms with Gasteiger partial charge in [0.1, 0.15) is 10.6 Å². The van der Waals surface area contributed by atoms with Crippen LogP contribution >= 0.6 is 0 Å². The number of aliphatic hydroxyl groups excluding tert-OH is 1. The molecule has 0 saturated carbocycles. The Balaban J connectivity index is 2.46. The molecule has 1 aliphatic heterocycles. The zero-order chi connectivity index (χ0) is 15.5. The summed E-state index contributed by atoms with van der Waals surface area (Å²) in [6.07, 6.45) is 3.46. The van der Waals surface area contributed by atoms with Gasteiger partial charge in [-0.15, -0.1) is 0 Å². The average molecular weight is 313 g/mol. The van der Waals surface area contributed by atoms with E-state index in [1.54, 1.807) is 12.1 Å². The molecule has 1 unspecified atom stereocenters. The first-order chi connectivity index (χ1) is 10.0. The van der Waals surface area contributed by atoms with Crippen LogP contribution in [0.2, 0.25) is 0 Å². The molecule has 21 heavy (non-hydrogen) atoms. The molecular weight excluding hydrogens is 290 g/mol. The highest BCUT2D eigenvalue weighted by Gasteiger charge is 2.34. The van der Waals surface area contributed by atoms with Gasteiger partial charge >= 0.3 is 0 Å². The number of methoxy groups -OCH3 is 1. The van der Waals surface area contributed by atoms with Crippen molar-refractivity contribution < 1.29 is 18.3 Å². The van der Waals surface area contributed by atoms with Gasteiger partial charge in [-0.05, 0) is 37.5 Å². The molecule has 0 aliphatic carbocycles. The Bertz CT molecular complexity index is 585. The molecular formula is C15H23NO4S. The van der Waals surface area contributed by atoms with E-state index in [4.69, 9.17) is 4.74 Å². The van der Waals surface area contributed by atoms with E-state index in [1.165, 1.54) is 11.4 Å². The lowest BCUT2D eigenvalue weighted by Gasteiger charge is -2.28. The minimum atomic E-state index is -3.66. The minimum Gasteiger partial charge on any atom is -0.495 e. The fraction of sp³-hybridized carbons (Fsp3) is 0.600. The highest BCUT2D eigenvalue weighted by atomic mass is 32.2. The number of rotatable bonds is 4. The molecule has 6 heteroatoms. The first-order valence-electron chi connectivity index (χ1n) is 7.28. The lowest BCUT2D eigenvalue weighted by molar-refractivity contribution is 0.186. The van der Waals surface area contributed by atoms with E-state index in [9.17, 15) is 13.5 Å². The van der Waals surface area contributed by atoms with E-state index in [1.807, 2.05) is 13.0 Å². The zero-order valence-electron chi connectivity index (χ0n) is 12.6. The number of sulfonamides is 1. The average Bonchev–Trinajstić information content (AvgIpc) is 2.72. The molecule has 1 N–H and O–H groups in total. The Morgan fingerprint density at radius 3 is 2.76 bits per heavy atom. The molecule has 0 amide bonds. The van der Waals surface area contributed by atoms with Crippen LogP contribution in [0.25, 0.3) is 0 Å². The second-order valence-corrected chi connectivity index (χ2v) is 7.31. The van der Waals surface area contributed by atoms with Gasteiger partial charge in [0.2, 0.25) is 10.0 Å². The molecule has 1 aromatic rings. The number of nitrogens with zero attached hydrogens (tertiary/aromatic N) is 1. The maximum atomic E-state index is 13.0. The van der Waals surface area contributed by atoms with Crippen molar-refractivity contribution in [3.63, 3.8) is 0 Å². The molecule has 1 aromatic carbocycles. The van der Waals surface area contributed by atoms with Crippen LogP contribution in [0.4, 0.5) is 0 Å². The second kappa shape index (κ2) is 6.77. The second-order valence-electron chi connectivity index (χ2n) is 5.46. The van der Waals surface area contributed by atoms with Gasteiger partial charge in [-0.3, -0.25) is 0 Å². The fourth-order valence-corrected chi connectivity index (χ4v) is 4.69. The predicted octanol–water partition coefficient (Wildman–Crippen LogP) is 1.93. The SMILES string of the molecule is COc1ccc(C)cc1S(=O)(=O)N1CCCCCC1CO. The van der Waals surface area contributed by atoms with Gasteiger partial charge in [0.25, 0.3) is 0 Å². The highest BCUT2D eigenvalue weighted by Crippen LogP contribution is 2.31. The molecule has 5 nitrogen and oxygen atoms in total. The lowest BCUT2D eigenvalue weighted by atomic mass is 10.1. The molecule has 0 bridgehead atoms. The van der Waals surface area contributed by atoms with Gasteiger partial charge < -0.3 is 9.84 Å². The summed E-state index contributed by atoms with van der Waals surface area (Å²) in [4.78, 5) is 0.186. The van der Waals surface area contributed by atoms with Crippen LogP contribution in [0, 0.1) is 6.92 Å². The van der Waals surface area contributed by atoms with Gasteiger partial charge in [-0.2, -0.15) is 4.31 Å². The molecule has 1 fully saturated rings. The van der Waals surface area contributed by atoms with Crippen molar-refractivity contribution in [2.45, 2.75) is 43.5 Å². The third-order valence-electron chi connectivity index (χ3n) is 3.94. The minimum absolute atomic E-state index is 0.145. The maximum absolute atomic E-state index is 13.0. The van der Waals surface area contributed by atoms with E-state index in [-0.39, 0.29) is 17.5 Å². The Morgan fingerprint density at radius 2 is 2.10 bits per heavy atom. The lowest BCUT2D eigenvalue weighted by Crippen LogP contribution is -2.42. The first kappa shape index (κ1) is 16.3. The summed E-state index contributed by atoms with van der Waals surface area (Å²) in [6, 6.07) is 4.79. The van der Waals surface area contributed by atoms with Gasteiger partial charge in [0.05, 0.1) is 13.7 Å². The van der Waals surface area contributed by atoms with Crippen LogP contribution < -0.4 is 4.74 Å². The summed E-state index contributed by atoms with van der Waals surface area (Å²) >= 11 is 0. The number of benzene rings is 1. The molecule has 1 aliphatic rings. The molecule has 1 saturated heterocycles. The normalized spacial score (nSPS) is 21.0. The number of aryl methyl sites for hydroxylation is 1. The topological polar surface area (TPSA) is 66.8 Å². The quantitative estimate of drug-likeness (QED) is 0.922. The van der Waals surface area contributed by atoms with Crippen LogP contribution in [-0.4, -0.2) is 44.1 Å². The molecule has 118 valence electrons. The monoisotopic (exact) mass is 313 g/mol. The van der Waals surface area contributed by atoms with E-state index in [0.29, 0.717) is 18.7 Å². The summed E-state index contributed by atoms with van der Waals surface area (Å²) in [5.41, 5.74) is 0.866. The van der Waals surface area contributed by atoms with Crippen molar-refractivity contribution in [1.82, 2.24) is 4.31 Å². The van der Waals surface area contributed by atoms with Crippen molar-refractivity contribution in [2.75, 3.05) is 20.3 Å². The van der Waals surface area contributed by atoms with Crippen LogP contribution in [0.15, 0.2) is 23.1 Å². The van der Waals surface area contributed by atoms with Crippen LogP contribution in [0.5, 0.6) is 5.75 Å². The Labute approximate surface area is 126 Å². The molecule has 1 heterocycles. The third-order valence-corrected chi connectivity index (χ3v) is 5.91. The Morgan fingerprint density at radius 1 is 1.33 bits per heavy atom. The number of hydrogen-bond acceptors (Lipinski definition) is 4. The summed E-state index contributed by atoms with van der Waals surface area (Å²) in [5.74, 6) is 0.349. The maximum Gasteiger partial charge on any atom is 0.247 e. The molecule has 0 radical (unpaired) electrons.